The zero-order chi connectivity index (χ0) is 19.6. The Morgan fingerprint density at radius 2 is 1.85 bits per heavy atom. The Balaban J connectivity index is 1.96. The Hall–Kier alpha value is -2.34. The van der Waals surface area contributed by atoms with Gasteiger partial charge in [-0.05, 0) is 52.5 Å². The number of halogens is 1. The first-order valence-electron chi connectivity index (χ1n) is 8.85. The lowest BCUT2D eigenvalue weighted by Crippen LogP contribution is -2.43. The number of rotatable bonds is 9. The van der Waals surface area contributed by atoms with Gasteiger partial charge in [0.2, 0.25) is 5.91 Å². The molecule has 5 nitrogen and oxygen atoms in total. The number of nitrogens with one attached hydrogen (secondary N) is 1. The van der Waals surface area contributed by atoms with Crippen molar-refractivity contribution >= 4 is 27.8 Å². The van der Waals surface area contributed by atoms with Crippen molar-refractivity contribution in [3.63, 3.8) is 0 Å². The molecule has 1 amide bonds. The molecule has 0 saturated heterocycles. The Morgan fingerprint density at radius 1 is 1.11 bits per heavy atom. The molecule has 0 saturated carbocycles. The van der Waals surface area contributed by atoms with Crippen molar-refractivity contribution in [2.75, 3.05) is 13.7 Å². The summed E-state index contributed by atoms with van der Waals surface area (Å²) in [4.78, 5) is 24.6. The number of aryl methyl sites for hydroxylation is 1. The highest BCUT2D eigenvalue weighted by molar-refractivity contribution is 9.10. The molecule has 0 fully saturated rings. The summed E-state index contributed by atoms with van der Waals surface area (Å²) in [7, 11) is 1.61. The Labute approximate surface area is 168 Å². The highest BCUT2D eigenvalue weighted by Gasteiger charge is 2.22. The maximum absolute atomic E-state index is 12.4. The number of carbonyl (C=O) groups excluding carboxylic acids is 2. The van der Waals surface area contributed by atoms with E-state index in [9.17, 15) is 9.59 Å². The predicted molar refractivity (Wildman–Crippen MR) is 108 cm³/mol. The second kappa shape index (κ2) is 10.7. The van der Waals surface area contributed by atoms with Crippen LogP contribution in [0.3, 0.4) is 0 Å². The van der Waals surface area contributed by atoms with E-state index in [1.165, 1.54) is 0 Å². The maximum Gasteiger partial charge on any atom is 0.328 e. The minimum absolute atomic E-state index is 0.184. The number of esters is 1. The van der Waals surface area contributed by atoms with E-state index in [0.717, 1.165) is 21.3 Å². The first-order chi connectivity index (χ1) is 13.0. The number of hydrogen-bond acceptors (Lipinski definition) is 4. The van der Waals surface area contributed by atoms with E-state index in [0.29, 0.717) is 12.8 Å². The van der Waals surface area contributed by atoms with E-state index in [1.807, 2.05) is 48.5 Å². The van der Waals surface area contributed by atoms with Crippen molar-refractivity contribution in [3.05, 3.63) is 64.1 Å². The third kappa shape index (κ3) is 6.71. The molecule has 2 aromatic rings. The molecule has 0 heterocycles. The van der Waals surface area contributed by atoms with Crippen LogP contribution in [0.1, 0.15) is 24.5 Å². The van der Waals surface area contributed by atoms with Crippen LogP contribution < -0.4 is 10.1 Å². The standard InChI is InChI=1S/C21H24BrNO4/c1-3-27-21(25)18(14-15-7-5-4-6-8-15)23-20(24)12-10-16-9-11-19(26-2)17(22)13-16/h4-9,11,13,18H,3,10,12,14H2,1-2H3,(H,23,24). The van der Waals surface area contributed by atoms with Crippen LogP contribution >= 0.6 is 15.9 Å². The zero-order valence-corrected chi connectivity index (χ0v) is 17.1. The summed E-state index contributed by atoms with van der Waals surface area (Å²) in [6, 6.07) is 14.6. The van der Waals surface area contributed by atoms with Gasteiger partial charge in [0.05, 0.1) is 18.2 Å². The lowest BCUT2D eigenvalue weighted by Gasteiger charge is -2.17. The van der Waals surface area contributed by atoms with Crippen LogP contribution in [0.5, 0.6) is 5.75 Å². The van der Waals surface area contributed by atoms with Crippen molar-refractivity contribution in [2.24, 2.45) is 0 Å². The van der Waals surface area contributed by atoms with Crippen molar-refractivity contribution in [2.45, 2.75) is 32.2 Å². The maximum atomic E-state index is 12.4. The topological polar surface area (TPSA) is 64.6 Å². The summed E-state index contributed by atoms with van der Waals surface area (Å²) >= 11 is 3.44. The van der Waals surface area contributed by atoms with Gasteiger partial charge >= 0.3 is 5.97 Å². The third-order valence-corrected chi connectivity index (χ3v) is 4.67. The van der Waals surface area contributed by atoms with Crippen LogP contribution in [-0.2, 0) is 27.2 Å². The van der Waals surface area contributed by atoms with E-state index in [-0.39, 0.29) is 18.9 Å². The van der Waals surface area contributed by atoms with Gasteiger partial charge in [-0.2, -0.15) is 0 Å². The van der Waals surface area contributed by atoms with Crippen molar-refractivity contribution in [3.8, 4) is 5.75 Å². The molecule has 1 unspecified atom stereocenters. The molecule has 0 aromatic heterocycles. The Morgan fingerprint density at radius 3 is 2.48 bits per heavy atom. The molecule has 0 aliphatic carbocycles. The van der Waals surface area contributed by atoms with Gasteiger partial charge in [-0.25, -0.2) is 4.79 Å². The fourth-order valence-electron chi connectivity index (χ4n) is 2.68. The summed E-state index contributed by atoms with van der Waals surface area (Å²) in [6.07, 6.45) is 1.25. The normalized spacial score (nSPS) is 11.5. The first-order valence-corrected chi connectivity index (χ1v) is 9.65. The minimum atomic E-state index is -0.692. The van der Waals surface area contributed by atoms with E-state index in [4.69, 9.17) is 9.47 Å². The van der Waals surface area contributed by atoms with Crippen molar-refractivity contribution < 1.29 is 19.1 Å². The molecule has 0 radical (unpaired) electrons. The van der Waals surface area contributed by atoms with Gasteiger partial charge in [0.15, 0.2) is 0 Å². The van der Waals surface area contributed by atoms with Crippen LogP contribution in [0.25, 0.3) is 0 Å². The zero-order valence-electron chi connectivity index (χ0n) is 15.5. The average molecular weight is 434 g/mol. The number of benzene rings is 2. The summed E-state index contributed by atoms with van der Waals surface area (Å²) in [6.45, 7) is 2.03. The number of ether oxygens (including phenoxy) is 2. The lowest BCUT2D eigenvalue weighted by atomic mass is 10.1. The third-order valence-electron chi connectivity index (χ3n) is 4.05. The van der Waals surface area contributed by atoms with Gasteiger partial charge in [-0.3, -0.25) is 4.79 Å². The van der Waals surface area contributed by atoms with Gasteiger partial charge in [0, 0.05) is 12.8 Å². The van der Waals surface area contributed by atoms with Crippen LogP contribution in [0.4, 0.5) is 0 Å². The molecular weight excluding hydrogens is 410 g/mol. The smallest absolute Gasteiger partial charge is 0.328 e. The second-order valence-electron chi connectivity index (χ2n) is 6.03. The Bertz CT molecular complexity index is 764. The summed E-state index contributed by atoms with van der Waals surface area (Å²) in [5.74, 6) is 0.145. The quantitative estimate of drug-likeness (QED) is 0.612. The minimum Gasteiger partial charge on any atom is -0.496 e. The van der Waals surface area contributed by atoms with Crippen LogP contribution in [-0.4, -0.2) is 31.6 Å². The van der Waals surface area contributed by atoms with Crippen LogP contribution in [0, 0.1) is 0 Å². The highest BCUT2D eigenvalue weighted by atomic mass is 79.9. The molecular formula is C21H24BrNO4. The summed E-state index contributed by atoms with van der Waals surface area (Å²) in [5, 5.41) is 2.81. The van der Waals surface area contributed by atoms with Crippen molar-refractivity contribution in [1.29, 1.82) is 0 Å². The average Bonchev–Trinajstić information content (AvgIpc) is 2.67. The first kappa shape index (κ1) is 21.0. The lowest BCUT2D eigenvalue weighted by molar-refractivity contribution is -0.147. The van der Waals surface area contributed by atoms with Gasteiger partial charge in [0.25, 0.3) is 0 Å². The number of methoxy groups -OCH3 is 1. The van der Waals surface area contributed by atoms with Gasteiger partial charge in [-0.1, -0.05) is 36.4 Å². The number of hydrogen-bond donors (Lipinski definition) is 1. The molecule has 0 aliphatic rings. The van der Waals surface area contributed by atoms with Gasteiger partial charge < -0.3 is 14.8 Å². The monoisotopic (exact) mass is 433 g/mol. The van der Waals surface area contributed by atoms with E-state index in [1.54, 1.807) is 14.0 Å². The van der Waals surface area contributed by atoms with Crippen molar-refractivity contribution in [1.82, 2.24) is 5.32 Å². The predicted octanol–water partition coefficient (Wildman–Crippen LogP) is 3.68. The fraction of sp³-hybridized carbons (Fsp3) is 0.333. The van der Waals surface area contributed by atoms with Crippen LogP contribution in [0.2, 0.25) is 0 Å². The SMILES string of the molecule is CCOC(=O)C(Cc1ccccc1)NC(=O)CCc1ccc(OC)c(Br)c1. The van der Waals surface area contributed by atoms with E-state index < -0.39 is 12.0 Å². The number of carbonyl (C=O) groups is 2. The molecule has 1 atom stereocenters. The second-order valence-corrected chi connectivity index (χ2v) is 6.89. The molecule has 1 N–H and O–H groups in total. The van der Waals surface area contributed by atoms with E-state index in [2.05, 4.69) is 21.2 Å². The molecule has 2 aromatic carbocycles. The molecule has 27 heavy (non-hydrogen) atoms. The molecule has 144 valence electrons. The largest absolute Gasteiger partial charge is 0.496 e. The number of amides is 1. The Kier molecular flexibility index (Phi) is 8.33. The molecule has 6 heteroatoms. The molecule has 0 spiro atoms. The van der Waals surface area contributed by atoms with Crippen LogP contribution in [0.15, 0.2) is 53.0 Å². The molecule has 0 aliphatic heterocycles. The van der Waals surface area contributed by atoms with Gasteiger partial charge in [-0.15, -0.1) is 0 Å². The van der Waals surface area contributed by atoms with Gasteiger partial charge in [0.1, 0.15) is 11.8 Å². The highest BCUT2D eigenvalue weighted by Crippen LogP contribution is 2.25. The fourth-order valence-corrected chi connectivity index (χ4v) is 3.26. The molecule has 0 bridgehead atoms. The summed E-state index contributed by atoms with van der Waals surface area (Å²) < 4.78 is 11.2. The summed E-state index contributed by atoms with van der Waals surface area (Å²) in [5.41, 5.74) is 1.98. The molecule has 2 rings (SSSR count). The van der Waals surface area contributed by atoms with E-state index >= 15 is 0 Å².